The van der Waals surface area contributed by atoms with Crippen molar-refractivity contribution in [1.82, 2.24) is 19.5 Å². The van der Waals surface area contributed by atoms with Crippen LogP contribution < -0.4 is 11.2 Å². The molecule has 150 valence electrons. The average Bonchev–Trinajstić information content (AvgIpc) is 2.68. The fourth-order valence-corrected chi connectivity index (χ4v) is 3.35. The second-order valence-corrected chi connectivity index (χ2v) is 6.98. The van der Waals surface area contributed by atoms with Crippen LogP contribution in [0.15, 0.2) is 47.6 Å². The molecule has 0 saturated heterocycles. The molecule has 0 unspecified atom stereocenters. The molecule has 7 nitrogen and oxygen atoms in total. The third-order valence-electron chi connectivity index (χ3n) is 4.50. The van der Waals surface area contributed by atoms with Crippen LogP contribution in [0.2, 0.25) is 0 Å². The largest absolute Gasteiger partial charge is 0.369 e. The normalized spacial score (nSPS) is 11.5. The first-order valence-corrected chi connectivity index (χ1v) is 9.58. The summed E-state index contributed by atoms with van der Waals surface area (Å²) in [5.41, 5.74) is 11.6. The van der Waals surface area contributed by atoms with Gasteiger partial charge in [0.1, 0.15) is 0 Å². The quantitative estimate of drug-likeness (QED) is 0.516. The van der Waals surface area contributed by atoms with E-state index in [0.717, 1.165) is 41.0 Å². The number of rotatable bonds is 6. The lowest BCUT2D eigenvalue weighted by molar-refractivity contribution is 0.338. The maximum absolute atomic E-state index is 11.9. The summed E-state index contributed by atoms with van der Waals surface area (Å²) >= 11 is 0. The third kappa shape index (κ3) is 4.34. The third-order valence-corrected chi connectivity index (χ3v) is 4.50. The molecule has 3 rings (SSSR count). The van der Waals surface area contributed by atoms with Crippen LogP contribution in [-0.2, 0) is 4.79 Å². The fraction of sp³-hybridized carbons (Fsp3) is 0.273. The van der Waals surface area contributed by atoms with Crippen LogP contribution in [0, 0.1) is 13.8 Å². The lowest BCUT2D eigenvalue weighted by atomic mass is 9.99. The highest BCUT2D eigenvalue weighted by Gasteiger charge is 2.18. The molecule has 29 heavy (non-hydrogen) atoms. The number of hydrogen-bond acceptors (Lipinski definition) is 6. The maximum atomic E-state index is 11.9. The molecule has 0 aliphatic rings. The van der Waals surface area contributed by atoms with Crippen LogP contribution in [0.3, 0.4) is 0 Å². The van der Waals surface area contributed by atoms with Gasteiger partial charge in [-0.1, -0.05) is 37.3 Å². The molecule has 0 fully saturated rings. The molecule has 2 N–H and O–H groups in total. The molecule has 0 saturated carbocycles. The van der Waals surface area contributed by atoms with Gasteiger partial charge in [0.2, 0.25) is 12.4 Å². The van der Waals surface area contributed by atoms with Crippen molar-refractivity contribution in [2.24, 2.45) is 5.10 Å². The van der Waals surface area contributed by atoms with E-state index in [1.807, 2.05) is 68.4 Å². The van der Waals surface area contributed by atoms with Crippen LogP contribution in [0.5, 0.6) is 0 Å². The summed E-state index contributed by atoms with van der Waals surface area (Å²) in [6.45, 7) is 6.71. The van der Waals surface area contributed by atoms with Gasteiger partial charge in [0.05, 0.1) is 11.3 Å². The van der Waals surface area contributed by atoms with Gasteiger partial charge in [-0.3, -0.25) is 14.8 Å². The Morgan fingerprint density at radius 3 is 2.34 bits per heavy atom. The van der Waals surface area contributed by atoms with Gasteiger partial charge in [-0.05, 0) is 38.0 Å². The van der Waals surface area contributed by atoms with E-state index in [9.17, 15) is 4.79 Å². The van der Waals surface area contributed by atoms with E-state index in [4.69, 9.17) is 10.8 Å². The number of nitrogens with two attached hydrogens (primary N) is 1. The van der Waals surface area contributed by atoms with Crippen molar-refractivity contribution in [3.8, 4) is 22.4 Å². The molecule has 0 aliphatic carbocycles. The maximum Gasteiger partial charge on any atom is 0.222 e. The Hall–Kier alpha value is -3.48. The average molecular weight is 390 g/mol. The first-order valence-electron chi connectivity index (χ1n) is 9.58. The lowest BCUT2D eigenvalue weighted by Gasteiger charge is -2.17. The molecule has 7 heteroatoms. The van der Waals surface area contributed by atoms with Gasteiger partial charge in [0, 0.05) is 30.5 Å². The van der Waals surface area contributed by atoms with Gasteiger partial charge in [0.25, 0.3) is 0 Å². The minimum absolute atomic E-state index is 0.0914. The van der Waals surface area contributed by atoms with Crippen molar-refractivity contribution in [1.29, 1.82) is 0 Å². The van der Waals surface area contributed by atoms with E-state index in [2.05, 4.69) is 16.9 Å². The SMILES string of the molecule is CCCN(C)/N=c1/c(-c2cc(C)nc(C)c2)c(-c2ccccc2)nc(N)n1C=O. The Bertz CT molecular complexity index is 1070. The smallest absolute Gasteiger partial charge is 0.222 e. The van der Waals surface area contributed by atoms with Crippen molar-refractivity contribution in [3.63, 3.8) is 0 Å². The van der Waals surface area contributed by atoms with Crippen molar-refractivity contribution in [2.75, 3.05) is 19.3 Å². The number of aryl methyl sites for hydroxylation is 2. The number of benzene rings is 1. The summed E-state index contributed by atoms with van der Waals surface area (Å²) in [6.07, 6.45) is 1.58. The Morgan fingerprint density at radius 1 is 1.10 bits per heavy atom. The van der Waals surface area contributed by atoms with Crippen LogP contribution in [0.25, 0.3) is 22.4 Å². The molecule has 3 aromatic rings. The Morgan fingerprint density at radius 2 is 1.76 bits per heavy atom. The standard InChI is InChI=1S/C22H26N6O/c1-5-11-27(4)26-21-19(18-12-15(2)24-16(3)13-18)20(17-9-7-6-8-10-17)25-22(23)28(21)14-29/h6-10,12-14H,5,11H2,1-4H3,(H2,23,25)/b26-21-. The number of anilines is 1. The van der Waals surface area contributed by atoms with E-state index < -0.39 is 0 Å². The number of nitrogen functional groups attached to an aromatic ring is 1. The molecular weight excluding hydrogens is 364 g/mol. The second-order valence-electron chi connectivity index (χ2n) is 6.98. The van der Waals surface area contributed by atoms with E-state index in [0.29, 0.717) is 17.6 Å². The highest BCUT2D eigenvalue weighted by atomic mass is 16.1. The number of carbonyl (C=O) groups is 1. The highest BCUT2D eigenvalue weighted by molar-refractivity contribution is 5.82. The molecule has 1 aromatic carbocycles. The Labute approximate surface area is 170 Å². The Kier molecular flexibility index (Phi) is 6.07. The van der Waals surface area contributed by atoms with Crippen LogP contribution in [0.4, 0.5) is 5.95 Å². The molecule has 0 spiro atoms. The van der Waals surface area contributed by atoms with Crippen molar-refractivity contribution in [2.45, 2.75) is 27.2 Å². The summed E-state index contributed by atoms with van der Waals surface area (Å²) < 4.78 is 1.29. The number of hydrogen-bond donors (Lipinski definition) is 1. The number of pyridine rings is 1. The minimum atomic E-state index is 0.0914. The molecule has 0 radical (unpaired) electrons. The number of nitrogens with zero attached hydrogens (tertiary/aromatic N) is 5. The summed E-state index contributed by atoms with van der Waals surface area (Å²) in [7, 11) is 1.88. The van der Waals surface area contributed by atoms with Gasteiger partial charge >= 0.3 is 0 Å². The summed E-state index contributed by atoms with van der Waals surface area (Å²) in [5, 5.41) is 6.54. The number of carbonyl (C=O) groups excluding carboxylic acids is 1. The molecule has 0 atom stereocenters. The van der Waals surface area contributed by atoms with Crippen molar-refractivity contribution >= 4 is 12.4 Å². The fourth-order valence-electron chi connectivity index (χ4n) is 3.35. The van der Waals surface area contributed by atoms with E-state index in [-0.39, 0.29) is 5.95 Å². The van der Waals surface area contributed by atoms with Crippen molar-refractivity contribution < 1.29 is 4.79 Å². The summed E-state index contributed by atoms with van der Waals surface area (Å²) in [4.78, 5) is 21.0. The molecule has 2 heterocycles. The molecule has 0 bridgehead atoms. The minimum Gasteiger partial charge on any atom is -0.369 e. The van der Waals surface area contributed by atoms with E-state index >= 15 is 0 Å². The van der Waals surface area contributed by atoms with Gasteiger partial charge < -0.3 is 5.73 Å². The monoisotopic (exact) mass is 390 g/mol. The molecule has 0 aliphatic heterocycles. The first-order chi connectivity index (χ1) is 13.9. The van der Waals surface area contributed by atoms with Crippen LogP contribution in [-0.4, -0.2) is 39.5 Å². The summed E-state index contributed by atoms with van der Waals surface area (Å²) in [5.74, 6) is 0.0914. The van der Waals surface area contributed by atoms with E-state index in [1.165, 1.54) is 4.57 Å². The highest BCUT2D eigenvalue weighted by Crippen LogP contribution is 2.29. The Balaban J connectivity index is 2.47. The predicted octanol–water partition coefficient (Wildman–Crippen LogP) is 3.01. The van der Waals surface area contributed by atoms with Crippen LogP contribution in [0.1, 0.15) is 24.7 Å². The van der Waals surface area contributed by atoms with E-state index in [1.54, 1.807) is 0 Å². The van der Waals surface area contributed by atoms with Gasteiger partial charge in [-0.15, -0.1) is 0 Å². The van der Waals surface area contributed by atoms with Gasteiger partial charge in [0.15, 0.2) is 5.49 Å². The number of aromatic nitrogens is 3. The zero-order valence-electron chi connectivity index (χ0n) is 17.3. The van der Waals surface area contributed by atoms with Crippen molar-refractivity contribution in [3.05, 3.63) is 59.3 Å². The van der Waals surface area contributed by atoms with Gasteiger partial charge in [-0.2, -0.15) is 5.10 Å². The van der Waals surface area contributed by atoms with Gasteiger partial charge in [-0.25, -0.2) is 9.55 Å². The van der Waals surface area contributed by atoms with Crippen LogP contribution >= 0.6 is 0 Å². The zero-order chi connectivity index (χ0) is 21.0. The molecule has 2 aromatic heterocycles. The predicted molar refractivity (Wildman–Crippen MR) is 115 cm³/mol. The topological polar surface area (TPSA) is 89.4 Å². The molecule has 0 amide bonds. The lowest BCUT2D eigenvalue weighted by Crippen LogP contribution is -2.31. The summed E-state index contributed by atoms with van der Waals surface area (Å²) in [6, 6.07) is 13.7. The zero-order valence-corrected chi connectivity index (χ0v) is 17.3. The second kappa shape index (κ2) is 8.68. The first kappa shape index (κ1) is 20.3. The molecular formula is C22H26N6O.